The summed E-state index contributed by atoms with van der Waals surface area (Å²) in [6, 6.07) is 1.41. The molecule has 0 saturated heterocycles. The zero-order valence-corrected chi connectivity index (χ0v) is 12.5. The summed E-state index contributed by atoms with van der Waals surface area (Å²) < 4.78 is 1.26. The van der Waals surface area contributed by atoms with Crippen LogP contribution in [-0.4, -0.2) is 22.7 Å². The first kappa shape index (κ1) is 16.4. The highest BCUT2D eigenvalue weighted by Crippen LogP contribution is 2.03. The van der Waals surface area contributed by atoms with Gasteiger partial charge < -0.3 is 5.32 Å². The van der Waals surface area contributed by atoms with Gasteiger partial charge in [-0.05, 0) is 29.9 Å². The molecule has 1 aliphatic rings. The van der Waals surface area contributed by atoms with Crippen LogP contribution in [0.3, 0.4) is 0 Å². The molecule has 1 amide bonds. The second-order valence-electron chi connectivity index (χ2n) is 3.89. The highest BCUT2D eigenvalue weighted by molar-refractivity contribution is 5.93. The summed E-state index contributed by atoms with van der Waals surface area (Å²) in [5.74, 6) is -0.409. The molecule has 0 radical (unpaired) electrons. The Morgan fingerprint density at radius 2 is 2.19 bits per heavy atom. The topological polar surface area (TPSA) is 64.0 Å². The van der Waals surface area contributed by atoms with Gasteiger partial charge in [-0.2, -0.15) is 5.10 Å². The van der Waals surface area contributed by atoms with Crippen molar-refractivity contribution in [3.05, 3.63) is 69.9 Å². The van der Waals surface area contributed by atoms with Gasteiger partial charge in [0.1, 0.15) is 5.56 Å². The quantitative estimate of drug-likeness (QED) is 0.866. The van der Waals surface area contributed by atoms with Crippen LogP contribution in [0.15, 0.2) is 58.7 Å². The molecule has 0 atom stereocenters. The number of carbonyl (C=O) groups excluding carboxylic acids is 1. The summed E-state index contributed by atoms with van der Waals surface area (Å²) in [4.78, 5) is 23.6. The average molecular weight is 287 g/mol. The number of aromatic nitrogens is 2. The van der Waals surface area contributed by atoms with Crippen LogP contribution in [0.1, 0.15) is 25.6 Å². The van der Waals surface area contributed by atoms with Crippen molar-refractivity contribution in [3.8, 4) is 0 Å². The number of nitrogens with one attached hydrogen (secondary N) is 1. The van der Waals surface area contributed by atoms with Crippen LogP contribution in [0.4, 0.5) is 0 Å². The molecule has 0 fully saturated rings. The molecule has 0 unspecified atom stereocenters. The summed E-state index contributed by atoms with van der Waals surface area (Å²) >= 11 is 0. The lowest BCUT2D eigenvalue weighted by molar-refractivity contribution is 0.0960. The fourth-order valence-electron chi connectivity index (χ4n) is 1.64. The molecular weight excluding hydrogens is 266 g/mol. The van der Waals surface area contributed by atoms with E-state index in [1.165, 1.54) is 24.0 Å². The third kappa shape index (κ3) is 4.44. The Kier molecular flexibility index (Phi) is 6.65. The van der Waals surface area contributed by atoms with Crippen molar-refractivity contribution in [1.82, 2.24) is 15.1 Å². The van der Waals surface area contributed by atoms with Gasteiger partial charge in [0.2, 0.25) is 0 Å². The maximum atomic E-state index is 12.1. The highest BCUT2D eigenvalue weighted by Gasteiger charge is 2.11. The summed E-state index contributed by atoms with van der Waals surface area (Å²) in [7, 11) is 1.49. The van der Waals surface area contributed by atoms with Gasteiger partial charge >= 0.3 is 0 Å². The van der Waals surface area contributed by atoms with E-state index in [-0.39, 0.29) is 6.99 Å². The van der Waals surface area contributed by atoms with Crippen LogP contribution in [0.25, 0.3) is 0 Å². The van der Waals surface area contributed by atoms with E-state index in [1.807, 2.05) is 32.1 Å². The minimum atomic E-state index is -0.409. The summed E-state index contributed by atoms with van der Waals surface area (Å²) in [5.41, 5.74) is 3.52. The van der Waals surface area contributed by atoms with Gasteiger partial charge in [0.05, 0.1) is 6.54 Å². The molecule has 1 aromatic heterocycles. The Morgan fingerprint density at radius 3 is 2.90 bits per heavy atom. The van der Waals surface area contributed by atoms with Crippen molar-refractivity contribution >= 4 is 5.91 Å². The molecule has 0 aromatic carbocycles. The van der Waals surface area contributed by atoms with E-state index in [0.29, 0.717) is 6.54 Å². The number of carbonyl (C=O) groups is 1. The fraction of sp³-hybridized carbons (Fsp3) is 0.250. The monoisotopic (exact) mass is 287 g/mol. The molecule has 0 saturated carbocycles. The summed E-state index contributed by atoms with van der Waals surface area (Å²) in [5, 5.41) is 6.42. The maximum Gasteiger partial charge on any atom is 0.279 e. The number of nitrogens with zero attached hydrogens (tertiary/aromatic N) is 2. The average Bonchev–Trinajstić information content (AvgIpc) is 2.79. The maximum absolute atomic E-state index is 12.1. The lowest BCUT2D eigenvalue weighted by Gasteiger charge is -2.06. The van der Waals surface area contributed by atoms with Crippen LogP contribution in [0.5, 0.6) is 0 Å². The molecule has 0 aliphatic heterocycles. The minimum Gasteiger partial charge on any atom is -0.355 e. The third-order valence-electron chi connectivity index (χ3n) is 2.61. The lowest BCUT2D eigenvalue weighted by atomic mass is 10.2. The first-order valence-corrected chi connectivity index (χ1v) is 6.79. The van der Waals surface area contributed by atoms with E-state index >= 15 is 0 Å². The molecule has 5 nitrogen and oxygen atoms in total. The molecular formula is C16H21N3O2. The zero-order valence-electron chi connectivity index (χ0n) is 12.5. The Labute approximate surface area is 125 Å². The predicted molar refractivity (Wildman–Crippen MR) is 85.2 cm³/mol. The first-order chi connectivity index (χ1) is 10.2. The number of hydrogen-bond acceptors (Lipinski definition) is 3. The number of hydrogen-bond donors (Lipinski definition) is 1. The van der Waals surface area contributed by atoms with E-state index in [4.69, 9.17) is 0 Å². The zero-order chi connectivity index (χ0) is 15.7. The van der Waals surface area contributed by atoms with Gasteiger partial charge in [-0.25, -0.2) is 4.68 Å². The molecule has 21 heavy (non-hydrogen) atoms. The molecule has 0 spiro atoms. The van der Waals surface area contributed by atoms with Gasteiger partial charge in [-0.15, -0.1) is 5.73 Å². The first-order valence-electron chi connectivity index (χ1n) is 6.79. The Morgan fingerprint density at radius 1 is 1.43 bits per heavy atom. The van der Waals surface area contributed by atoms with Crippen molar-refractivity contribution in [3.63, 3.8) is 0 Å². The Bertz CT molecular complexity index is 681. The normalized spacial score (nSPS) is 12.0. The van der Waals surface area contributed by atoms with Gasteiger partial charge in [-0.3, -0.25) is 9.59 Å². The lowest BCUT2D eigenvalue weighted by Crippen LogP contribution is -2.32. The van der Waals surface area contributed by atoms with Crippen LogP contribution in [-0.2, 0) is 6.54 Å². The van der Waals surface area contributed by atoms with Gasteiger partial charge in [0, 0.05) is 14.7 Å². The Hall–Kier alpha value is -2.65. The molecule has 0 bridgehead atoms. The van der Waals surface area contributed by atoms with Crippen molar-refractivity contribution in [2.24, 2.45) is 0 Å². The second-order valence-corrected chi connectivity index (χ2v) is 3.89. The molecule has 1 aromatic rings. The van der Waals surface area contributed by atoms with E-state index in [2.05, 4.69) is 16.1 Å². The van der Waals surface area contributed by atoms with Crippen molar-refractivity contribution in [1.29, 1.82) is 0 Å². The van der Waals surface area contributed by atoms with Crippen LogP contribution < -0.4 is 10.9 Å². The van der Waals surface area contributed by atoms with E-state index in [9.17, 15) is 9.59 Å². The summed E-state index contributed by atoms with van der Waals surface area (Å²) in [6.07, 6.45) is 10.5. The van der Waals surface area contributed by atoms with E-state index in [1.54, 1.807) is 12.2 Å². The predicted octanol–water partition coefficient (Wildman–Crippen LogP) is 2.08. The Balaban J connectivity index is 0.00000141. The van der Waals surface area contributed by atoms with Gasteiger partial charge in [0.15, 0.2) is 0 Å². The van der Waals surface area contributed by atoms with Crippen molar-refractivity contribution < 1.29 is 6.22 Å². The van der Waals surface area contributed by atoms with Crippen LogP contribution in [0.2, 0.25) is 0 Å². The largest absolute Gasteiger partial charge is 0.355 e. The van der Waals surface area contributed by atoms with E-state index < -0.39 is 11.5 Å². The van der Waals surface area contributed by atoms with E-state index in [0.717, 1.165) is 5.57 Å². The molecule has 1 aliphatic carbocycles. The standard InChI is InChI=1S/C14H13N3O2.C2H6.H2/c1-15-13(18)12-8-9-16-17(14(12)19)10-11-6-4-2-3-5-7-11;1-2;/h2,4-9H,10H2,1H3,(H,15,18);1-2H3;1H. The van der Waals surface area contributed by atoms with Gasteiger partial charge in [-0.1, -0.05) is 26.0 Å². The van der Waals surface area contributed by atoms with Crippen molar-refractivity contribution in [2.45, 2.75) is 20.4 Å². The second kappa shape index (κ2) is 8.51. The van der Waals surface area contributed by atoms with Crippen LogP contribution in [0, 0.1) is 0 Å². The third-order valence-corrected chi connectivity index (χ3v) is 2.61. The molecule has 2 rings (SSSR count). The molecule has 5 heteroatoms. The van der Waals surface area contributed by atoms with Crippen molar-refractivity contribution in [2.75, 3.05) is 7.05 Å². The fourth-order valence-corrected chi connectivity index (χ4v) is 1.64. The highest BCUT2D eigenvalue weighted by atomic mass is 16.2. The SMILES string of the molecule is CC.CNC(=O)c1ccnn(CC2=CC=C=CC=C2)c1=O.[HH]. The number of allylic oxidation sites excluding steroid dienone is 5. The smallest absolute Gasteiger partial charge is 0.279 e. The molecule has 1 N–H and O–H groups in total. The summed E-state index contributed by atoms with van der Waals surface area (Å²) in [6.45, 7) is 4.31. The van der Waals surface area contributed by atoms with Gasteiger partial charge in [0.25, 0.3) is 11.5 Å². The number of amides is 1. The molecule has 1 heterocycles. The molecule has 112 valence electrons. The minimum absolute atomic E-state index is 0. The number of rotatable bonds is 3. The van der Waals surface area contributed by atoms with Crippen LogP contribution >= 0.6 is 0 Å².